The molecular formula is C9H17ClN2O2. The summed E-state index contributed by atoms with van der Waals surface area (Å²) in [6, 6.07) is 0.201. The Balaban J connectivity index is 0.000000980. The van der Waals surface area contributed by atoms with Gasteiger partial charge in [0.25, 0.3) is 0 Å². The Morgan fingerprint density at radius 2 is 2.07 bits per heavy atom. The van der Waals surface area contributed by atoms with Crippen molar-refractivity contribution in [2.24, 2.45) is 11.8 Å². The molecule has 1 saturated heterocycles. The molecule has 4 nitrogen and oxygen atoms in total. The minimum absolute atomic E-state index is 0. The zero-order valence-electron chi connectivity index (χ0n) is 8.03. The van der Waals surface area contributed by atoms with E-state index in [1.165, 1.54) is 6.42 Å². The molecule has 1 saturated carbocycles. The van der Waals surface area contributed by atoms with E-state index in [-0.39, 0.29) is 18.4 Å². The molecule has 0 bridgehead atoms. The third-order valence-electron chi connectivity index (χ3n) is 3.27. The summed E-state index contributed by atoms with van der Waals surface area (Å²) in [4.78, 5) is 10.4. The van der Waals surface area contributed by atoms with Crippen LogP contribution in [-0.2, 0) is 0 Å². The van der Waals surface area contributed by atoms with E-state index in [4.69, 9.17) is 5.11 Å². The first-order chi connectivity index (χ1) is 6.25. The summed E-state index contributed by atoms with van der Waals surface area (Å²) in [5.41, 5.74) is 0. The fraction of sp³-hybridized carbons (Fsp3) is 0.889. The van der Waals surface area contributed by atoms with Gasteiger partial charge in [0.2, 0.25) is 0 Å². The molecule has 0 aromatic carbocycles. The molecule has 0 aromatic heterocycles. The SMILES string of the molecule is Cl.O=C(O)NC1CC2CCNCC2C1. The maximum absolute atomic E-state index is 10.4. The number of nitrogens with one attached hydrogen (secondary N) is 2. The van der Waals surface area contributed by atoms with E-state index in [1.807, 2.05) is 0 Å². The van der Waals surface area contributed by atoms with E-state index in [1.54, 1.807) is 0 Å². The van der Waals surface area contributed by atoms with Gasteiger partial charge in [-0.3, -0.25) is 0 Å². The molecular weight excluding hydrogens is 204 g/mol. The predicted octanol–water partition coefficient (Wildman–Crippen LogP) is 1.06. The molecule has 1 aliphatic heterocycles. The van der Waals surface area contributed by atoms with Crippen LogP contribution in [0.3, 0.4) is 0 Å². The van der Waals surface area contributed by atoms with E-state index in [0.29, 0.717) is 5.92 Å². The largest absolute Gasteiger partial charge is 0.465 e. The molecule has 3 atom stereocenters. The van der Waals surface area contributed by atoms with Gasteiger partial charge in [0, 0.05) is 6.04 Å². The van der Waals surface area contributed by atoms with E-state index >= 15 is 0 Å². The lowest BCUT2D eigenvalue weighted by Gasteiger charge is -2.25. The molecule has 14 heavy (non-hydrogen) atoms. The Morgan fingerprint density at radius 1 is 1.36 bits per heavy atom. The van der Waals surface area contributed by atoms with Crippen molar-refractivity contribution in [1.82, 2.24) is 10.6 Å². The standard InChI is InChI=1S/C9H16N2O2.ClH/c12-9(13)11-8-3-6-1-2-10-5-7(6)4-8;/h6-8,10-11H,1-5H2,(H,12,13);1H. The van der Waals surface area contributed by atoms with E-state index in [2.05, 4.69) is 10.6 Å². The molecule has 1 amide bonds. The van der Waals surface area contributed by atoms with Crippen molar-refractivity contribution in [2.45, 2.75) is 25.3 Å². The second-order valence-corrected chi connectivity index (χ2v) is 4.13. The van der Waals surface area contributed by atoms with Crippen LogP contribution in [0, 0.1) is 11.8 Å². The molecule has 5 heteroatoms. The Labute approximate surface area is 89.9 Å². The van der Waals surface area contributed by atoms with Crippen molar-refractivity contribution in [1.29, 1.82) is 0 Å². The normalized spacial score (nSPS) is 35.6. The second kappa shape index (κ2) is 4.84. The van der Waals surface area contributed by atoms with Gasteiger partial charge in [-0.2, -0.15) is 0 Å². The van der Waals surface area contributed by atoms with Gasteiger partial charge in [0.15, 0.2) is 0 Å². The molecule has 3 N–H and O–H groups in total. The Bertz CT molecular complexity index is 199. The average molecular weight is 221 g/mol. The number of carboxylic acid groups (broad SMARTS) is 1. The molecule has 82 valence electrons. The summed E-state index contributed by atoms with van der Waals surface area (Å²) in [5.74, 6) is 1.45. The van der Waals surface area contributed by atoms with Crippen LogP contribution in [0.15, 0.2) is 0 Å². The second-order valence-electron chi connectivity index (χ2n) is 4.13. The highest BCUT2D eigenvalue weighted by molar-refractivity contribution is 5.85. The average Bonchev–Trinajstić information content (AvgIpc) is 2.44. The highest BCUT2D eigenvalue weighted by Gasteiger charge is 2.35. The van der Waals surface area contributed by atoms with Crippen LogP contribution in [0.25, 0.3) is 0 Å². The topological polar surface area (TPSA) is 61.4 Å². The molecule has 0 radical (unpaired) electrons. The van der Waals surface area contributed by atoms with Gasteiger partial charge < -0.3 is 15.7 Å². The molecule has 0 spiro atoms. The number of piperidine rings is 1. The van der Waals surface area contributed by atoms with Crippen molar-refractivity contribution in [3.63, 3.8) is 0 Å². The predicted molar refractivity (Wildman–Crippen MR) is 55.9 cm³/mol. The summed E-state index contributed by atoms with van der Waals surface area (Å²) < 4.78 is 0. The van der Waals surface area contributed by atoms with Gasteiger partial charge in [-0.05, 0) is 44.2 Å². The zero-order valence-corrected chi connectivity index (χ0v) is 8.85. The lowest BCUT2D eigenvalue weighted by molar-refractivity contribution is 0.189. The summed E-state index contributed by atoms with van der Waals surface area (Å²) in [6.45, 7) is 2.17. The number of carbonyl (C=O) groups is 1. The lowest BCUT2D eigenvalue weighted by atomic mass is 9.90. The van der Waals surface area contributed by atoms with E-state index in [9.17, 15) is 4.79 Å². The highest BCUT2D eigenvalue weighted by atomic mass is 35.5. The quantitative estimate of drug-likeness (QED) is 0.620. The van der Waals surface area contributed by atoms with Gasteiger partial charge in [-0.25, -0.2) is 4.79 Å². The molecule has 3 unspecified atom stereocenters. The highest BCUT2D eigenvalue weighted by Crippen LogP contribution is 2.35. The Hall–Kier alpha value is -0.480. The zero-order chi connectivity index (χ0) is 9.26. The number of hydrogen-bond donors (Lipinski definition) is 3. The van der Waals surface area contributed by atoms with Crippen molar-refractivity contribution in [2.75, 3.05) is 13.1 Å². The third-order valence-corrected chi connectivity index (χ3v) is 3.27. The molecule has 2 aliphatic rings. The van der Waals surface area contributed by atoms with Crippen molar-refractivity contribution in [3.05, 3.63) is 0 Å². The molecule has 2 fully saturated rings. The summed E-state index contributed by atoms with van der Waals surface area (Å²) in [6.07, 6.45) is 2.39. The molecule has 0 aromatic rings. The Kier molecular flexibility index (Phi) is 4.01. The minimum atomic E-state index is -0.878. The van der Waals surface area contributed by atoms with Crippen LogP contribution in [0.4, 0.5) is 4.79 Å². The molecule has 1 heterocycles. The first-order valence-electron chi connectivity index (χ1n) is 4.96. The van der Waals surface area contributed by atoms with Gasteiger partial charge in [-0.15, -0.1) is 12.4 Å². The fourth-order valence-corrected chi connectivity index (χ4v) is 2.68. The number of hydrogen-bond acceptors (Lipinski definition) is 2. The molecule has 2 rings (SSSR count). The van der Waals surface area contributed by atoms with Crippen LogP contribution in [0.1, 0.15) is 19.3 Å². The first-order valence-corrected chi connectivity index (χ1v) is 4.96. The lowest BCUT2D eigenvalue weighted by Crippen LogP contribution is -2.33. The van der Waals surface area contributed by atoms with Crippen LogP contribution >= 0.6 is 12.4 Å². The van der Waals surface area contributed by atoms with Crippen LogP contribution < -0.4 is 10.6 Å². The van der Waals surface area contributed by atoms with Gasteiger partial charge in [0.1, 0.15) is 0 Å². The minimum Gasteiger partial charge on any atom is -0.465 e. The van der Waals surface area contributed by atoms with Gasteiger partial charge in [0.05, 0.1) is 0 Å². The van der Waals surface area contributed by atoms with Crippen molar-refractivity contribution < 1.29 is 9.90 Å². The fourth-order valence-electron chi connectivity index (χ4n) is 2.68. The number of fused-ring (bicyclic) bond motifs is 1. The summed E-state index contributed by atoms with van der Waals surface area (Å²) >= 11 is 0. The summed E-state index contributed by atoms with van der Waals surface area (Å²) in [7, 11) is 0. The van der Waals surface area contributed by atoms with E-state index in [0.717, 1.165) is 31.8 Å². The van der Waals surface area contributed by atoms with Crippen LogP contribution in [0.5, 0.6) is 0 Å². The first kappa shape index (κ1) is 11.6. The molecule has 1 aliphatic carbocycles. The maximum Gasteiger partial charge on any atom is 0.404 e. The third kappa shape index (κ3) is 2.51. The van der Waals surface area contributed by atoms with Crippen molar-refractivity contribution >= 4 is 18.5 Å². The maximum atomic E-state index is 10.4. The number of amides is 1. The smallest absolute Gasteiger partial charge is 0.404 e. The van der Waals surface area contributed by atoms with E-state index < -0.39 is 6.09 Å². The van der Waals surface area contributed by atoms with Gasteiger partial charge >= 0.3 is 6.09 Å². The monoisotopic (exact) mass is 220 g/mol. The van der Waals surface area contributed by atoms with Crippen molar-refractivity contribution in [3.8, 4) is 0 Å². The van der Waals surface area contributed by atoms with Gasteiger partial charge in [-0.1, -0.05) is 0 Å². The number of halogens is 1. The Morgan fingerprint density at radius 3 is 2.71 bits per heavy atom. The van der Waals surface area contributed by atoms with Crippen LogP contribution in [-0.4, -0.2) is 30.3 Å². The number of rotatable bonds is 1. The van der Waals surface area contributed by atoms with Crippen LogP contribution in [0.2, 0.25) is 0 Å². The summed E-state index contributed by atoms with van der Waals surface area (Å²) in [5, 5.41) is 14.5.